The molecule has 5 aromatic rings. The van der Waals surface area contributed by atoms with Crippen molar-refractivity contribution in [1.82, 2.24) is 9.97 Å². The van der Waals surface area contributed by atoms with E-state index in [0.29, 0.717) is 0 Å². The van der Waals surface area contributed by atoms with Gasteiger partial charge in [-0.3, -0.25) is 0 Å². The van der Waals surface area contributed by atoms with E-state index in [1.54, 1.807) is 23.5 Å². The van der Waals surface area contributed by atoms with Gasteiger partial charge in [0, 0.05) is 28.2 Å². The van der Waals surface area contributed by atoms with Crippen molar-refractivity contribution in [2.75, 3.05) is 5.32 Å². The minimum Gasteiger partial charge on any atom is -0.478 e. The van der Waals surface area contributed by atoms with Gasteiger partial charge in [-0.25, -0.2) is 14.8 Å². The topological polar surface area (TPSA) is 75.1 Å². The molecule has 0 unspecified atom stereocenters. The summed E-state index contributed by atoms with van der Waals surface area (Å²) < 4.78 is 0. The van der Waals surface area contributed by atoms with Gasteiger partial charge in [-0.2, -0.15) is 0 Å². The number of aromatic carboxylic acids is 1. The van der Waals surface area contributed by atoms with Crippen LogP contribution in [0.5, 0.6) is 0 Å². The number of carboxylic acid groups (broad SMARTS) is 1. The summed E-state index contributed by atoms with van der Waals surface area (Å²) in [5.41, 5.74) is 4.64. The van der Waals surface area contributed by atoms with Gasteiger partial charge < -0.3 is 10.4 Å². The zero-order chi connectivity index (χ0) is 25.1. The number of nitrogens with zero attached hydrogens (tertiary/aromatic N) is 2. The first-order valence-corrected chi connectivity index (χ1v) is 12.9. The quantitative estimate of drug-likeness (QED) is 0.234. The molecule has 5 nitrogen and oxygen atoms in total. The number of benzene rings is 3. The summed E-state index contributed by atoms with van der Waals surface area (Å²) in [4.78, 5) is 23.5. The molecule has 0 fully saturated rings. The van der Waals surface area contributed by atoms with E-state index < -0.39 is 5.97 Å². The molecule has 0 aliphatic rings. The molecule has 36 heavy (non-hydrogen) atoms. The van der Waals surface area contributed by atoms with Crippen LogP contribution in [0.25, 0.3) is 21.5 Å². The lowest BCUT2D eigenvalue weighted by atomic mass is 10.1. The smallest absolute Gasteiger partial charge is 0.335 e. The summed E-state index contributed by atoms with van der Waals surface area (Å²) in [7, 11) is 0. The first-order chi connectivity index (χ1) is 17.5. The highest BCUT2D eigenvalue weighted by Gasteiger charge is 2.15. The van der Waals surface area contributed by atoms with Crippen LogP contribution in [0.3, 0.4) is 0 Å². The van der Waals surface area contributed by atoms with Gasteiger partial charge in [-0.1, -0.05) is 56.3 Å². The third kappa shape index (κ3) is 4.99. The lowest BCUT2D eigenvalue weighted by molar-refractivity contribution is 0.0697. The number of rotatable bonds is 8. The van der Waals surface area contributed by atoms with E-state index in [1.165, 1.54) is 10.4 Å². The van der Waals surface area contributed by atoms with Crippen molar-refractivity contribution in [3.05, 3.63) is 106 Å². The van der Waals surface area contributed by atoms with Crippen LogP contribution < -0.4 is 5.32 Å². The number of carbonyl (C=O) groups is 1. The molecule has 5 rings (SSSR count). The molecule has 2 aromatic heterocycles. The van der Waals surface area contributed by atoms with Crippen molar-refractivity contribution in [2.24, 2.45) is 0 Å². The number of aryl methyl sites for hydroxylation is 1. The minimum absolute atomic E-state index is 0.284. The van der Waals surface area contributed by atoms with Gasteiger partial charge in [0.2, 0.25) is 0 Å². The van der Waals surface area contributed by atoms with Crippen molar-refractivity contribution in [1.29, 1.82) is 0 Å². The Bertz CT molecular complexity index is 1540. The van der Waals surface area contributed by atoms with Crippen LogP contribution in [0.2, 0.25) is 0 Å². The summed E-state index contributed by atoms with van der Waals surface area (Å²) in [6.07, 6.45) is 2.54. The average Bonchev–Trinajstić information content (AvgIpc) is 3.36. The minimum atomic E-state index is -0.923. The predicted octanol–water partition coefficient (Wildman–Crippen LogP) is 7.52. The fraction of sp³-hybridized carbons (Fsp3) is 0.167. The highest BCUT2D eigenvalue weighted by molar-refractivity contribution is 7.15. The standard InChI is InChI=1S/C30H27N3O2S/c1-3-25-26(4-2)32-29(27-15-14-24(36-27)16-19-8-6-5-7-9-19)33-28(25)31-23-13-12-20-17-22(30(34)35)11-10-21(20)18-23/h5-15,17-18H,3-4,16H2,1-2H3,(H,34,35)(H,31,32,33). The summed E-state index contributed by atoms with van der Waals surface area (Å²) in [6, 6.07) is 25.8. The Balaban J connectivity index is 1.48. The molecule has 6 heteroatoms. The van der Waals surface area contributed by atoms with Gasteiger partial charge in [0.05, 0.1) is 10.4 Å². The molecule has 0 atom stereocenters. The summed E-state index contributed by atoms with van der Waals surface area (Å²) in [5, 5.41) is 14.6. The average molecular weight is 494 g/mol. The second-order valence-corrected chi connectivity index (χ2v) is 9.83. The van der Waals surface area contributed by atoms with Crippen molar-refractivity contribution in [3.63, 3.8) is 0 Å². The Morgan fingerprint density at radius 1 is 0.889 bits per heavy atom. The number of nitrogens with one attached hydrogen (secondary N) is 1. The molecule has 180 valence electrons. The van der Waals surface area contributed by atoms with Crippen LogP contribution in [-0.2, 0) is 19.3 Å². The number of hydrogen-bond donors (Lipinski definition) is 2. The fourth-order valence-electron chi connectivity index (χ4n) is 4.39. The van der Waals surface area contributed by atoms with Crippen LogP contribution in [0.15, 0.2) is 78.9 Å². The molecule has 0 saturated heterocycles. The van der Waals surface area contributed by atoms with E-state index in [4.69, 9.17) is 9.97 Å². The third-order valence-corrected chi connectivity index (χ3v) is 7.32. The molecule has 0 spiro atoms. The van der Waals surface area contributed by atoms with Crippen LogP contribution in [0.1, 0.15) is 45.9 Å². The zero-order valence-electron chi connectivity index (χ0n) is 20.3. The maximum Gasteiger partial charge on any atom is 0.335 e. The van der Waals surface area contributed by atoms with E-state index in [9.17, 15) is 9.90 Å². The maximum atomic E-state index is 11.3. The Hall–Kier alpha value is -4.03. The molecule has 0 aliphatic heterocycles. The maximum absolute atomic E-state index is 11.3. The zero-order valence-corrected chi connectivity index (χ0v) is 21.1. The Kier molecular flexibility index (Phi) is 6.78. The largest absolute Gasteiger partial charge is 0.478 e. The van der Waals surface area contributed by atoms with Gasteiger partial charge in [-0.15, -0.1) is 11.3 Å². The molecule has 2 N–H and O–H groups in total. The van der Waals surface area contributed by atoms with E-state index in [1.807, 2.05) is 30.3 Å². The molecule has 2 heterocycles. The fourth-order valence-corrected chi connectivity index (χ4v) is 5.37. The number of carboxylic acids is 1. The number of fused-ring (bicyclic) bond motifs is 1. The second-order valence-electron chi connectivity index (χ2n) is 8.66. The SMILES string of the molecule is CCc1nc(-c2ccc(Cc3ccccc3)s2)nc(Nc2ccc3cc(C(=O)O)ccc3c2)c1CC. The summed E-state index contributed by atoms with van der Waals surface area (Å²) >= 11 is 1.73. The number of hydrogen-bond acceptors (Lipinski definition) is 5. The van der Waals surface area contributed by atoms with Crippen LogP contribution in [0, 0.1) is 0 Å². The van der Waals surface area contributed by atoms with Crippen molar-refractivity contribution >= 4 is 39.6 Å². The number of aromatic nitrogens is 2. The molecular weight excluding hydrogens is 466 g/mol. The lowest BCUT2D eigenvalue weighted by Crippen LogP contribution is -2.06. The van der Waals surface area contributed by atoms with Crippen molar-refractivity contribution < 1.29 is 9.90 Å². The Morgan fingerprint density at radius 3 is 2.42 bits per heavy atom. The molecule has 0 radical (unpaired) electrons. The molecule has 0 saturated carbocycles. The predicted molar refractivity (Wildman–Crippen MR) is 148 cm³/mol. The normalized spacial score (nSPS) is 11.1. The molecule has 0 amide bonds. The van der Waals surface area contributed by atoms with Crippen LogP contribution >= 0.6 is 11.3 Å². The number of anilines is 2. The van der Waals surface area contributed by atoms with Gasteiger partial charge >= 0.3 is 5.97 Å². The molecule has 3 aromatic carbocycles. The number of thiophene rings is 1. The van der Waals surface area contributed by atoms with Gasteiger partial charge in [0.15, 0.2) is 5.82 Å². The van der Waals surface area contributed by atoms with Gasteiger partial charge in [-0.05, 0) is 65.6 Å². The first kappa shape index (κ1) is 23.7. The Morgan fingerprint density at radius 2 is 1.67 bits per heavy atom. The van der Waals surface area contributed by atoms with Gasteiger partial charge in [0.25, 0.3) is 0 Å². The summed E-state index contributed by atoms with van der Waals surface area (Å²) in [5.74, 6) is 0.634. The lowest BCUT2D eigenvalue weighted by Gasteiger charge is -2.15. The highest BCUT2D eigenvalue weighted by atomic mass is 32.1. The second kappa shape index (κ2) is 10.3. The van der Waals surface area contributed by atoms with Crippen molar-refractivity contribution in [3.8, 4) is 10.7 Å². The van der Waals surface area contributed by atoms with Crippen molar-refractivity contribution in [2.45, 2.75) is 33.1 Å². The summed E-state index contributed by atoms with van der Waals surface area (Å²) in [6.45, 7) is 4.25. The first-order valence-electron chi connectivity index (χ1n) is 12.1. The Labute approximate surface area is 214 Å². The van der Waals surface area contributed by atoms with E-state index in [2.05, 4.69) is 55.6 Å². The van der Waals surface area contributed by atoms with Crippen LogP contribution in [0.4, 0.5) is 11.5 Å². The van der Waals surface area contributed by atoms with E-state index in [0.717, 1.165) is 63.5 Å². The highest BCUT2D eigenvalue weighted by Crippen LogP contribution is 2.32. The monoisotopic (exact) mass is 493 g/mol. The van der Waals surface area contributed by atoms with E-state index in [-0.39, 0.29) is 5.56 Å². The molecular formula is C30H27N3O2S. The van der Waals surface area contributed by atoms with Crippen LogP contribution in [-0.4, -0.2) is 21.0 Å². The molecule has 0 aliphatic carbocycles. The van der Waals surface area contributed by atoms with E-state index >= 15 is 0 Å². The third-order valence-electron chi connectivity index (χ3n) is 6.23. The molecule has 0 bridgehead atoms. The van der Waals surface area contributed by atoms with Gasteiger partial charge in [0.1, 0.15) is 5.82 Å².